The van der Waals surface area contributed by atoms with Gasteiger partial charge in [-0.25, -0.2) is 9.78 Å². The Morgan fingerprint density at radius 2 is 1.96 bits per heavy atom. The van der Waals surface area contributed by atoms with Crippen LogP contribution >= 0.6 is 11.6 Å². The van der Waals surface area contributed by atoms with E-state index in [0.717, 1.165) is 52.8 Å². The van der Waals surface area contributed by atoms with Gasteiger partial charge in [-0.05, 0) is 60.7 Å². The molecular weight excluding hydrogens is 360 g/mol. The fourth-order valence-corrected chi connectivity index (χ4v) is 3.42. The van der Waals surface area contributed by atoms with Gasteiger partial charge in [0.05, 0.1) is 23.1 Å². The Morgan fingerprint density at radius 1 is 1.22 bits per heavy atom. The maximum atomic E-state index is 11.3. The number of nitrogens with zero attached hydrogens (tertiary/aromatic N) is 2. The third-order valence-electron chi connectivity index (χ3n) is 4.81. The number of fused-ring (bicyclic) bond motifs is 1. The van der Waals surface area contributed by atoms with E-state index in [1.54, 1.807) is 18.2 Å². The fourth-order valence-electron chi connectivity index (χ4n) is 3.18. The number of aromatic carboxylic acids is 1. The molecule has 0 saturated heterocycles. The second-order valence-corrected chi connectivity index (χ2v) is 7.17. The first-order chi connectivity index (χ1) is 12.9. The molecular formula is C22H23ClN2O2. The summed E-state index contributed by atoms with van der Waals surface area (Å²) in [5, 5.41) is 9.94. The van der Waals surface area contributed by atoms with Gasteiger partial charge in [0.15, 0.2) is 0 Å². The van der Waals surface area contributed by atoms with Crippen molar-refractivity contribution < 1.29 is 9.90 Å². The molecule has 140 valence electrons. The molecule has 0 aliphatic carbocycles. The van der Waals surface area contributed by atoms with Crippen molar-refractivity contribution in [2.75, 3.05) is 0 Å². The van der Waals surface area contributed by atoms with Gasteiger partial charge in [-0.15, -0.1) is 0 Å². The highest BCUT2D eigenvalue weighted by molar-refractivity contribution is 6.31. The molecule has 3 rings (SSSR count). The van der Waals surface area contributed by atoms with Gasteiger partial charge in [0.25, 0.3) is 0 Å². The molecule has 2 aromatic carbocycles. The Kier molecular flexibility index (Phi) is 5.66. The zero-order valence-corrected chi connectivity index (χ0v) is 16.4. The molecule has 1 heterocycles. The van der Waals surface area contributed by atoms with Crippen molar-refractivity contribution >= 4 is 34.2 Å². The van der Waals surface area contributed by atoms with Gasteiger partial charge in [-0.3, -0.25) is 0 Å². The van der Waals surface area contributed by atoms with Crippen molar-refractivity contribution in [1.82, 2.24) is 9.55 Å². The first-order valence-corrected chi connectivity index (χ1v) is 9.45. The number of imidazole rings is 1. The van der Waals surface area contributed by atoms with Crippen LogP contribution in [0.2, 0.25) is 5.02 Å². The quantitative estimate of drug-likeness (QED) is 0.549. The average Bonchev–Trinajstić information content (AvgIpc) is 2.95. The van der Waals surface area contributed by atoms with Crippen molar-refractivity contribution in [3.63, 3.8) is 0 Å². The number of carboxylic acids is 1. The van der Waals surface area contributed by atoms with E-state index in [1.165, 1.54) is 0 Å². The van der Waals surface area contributed by atoms with Crippen LogP contribution in [0.4, 0.5) is 0 Å². The summed E-state index contributed by atoms with van der Waals surface area (Å²) in [4.78, 5) is 15.8. The van der Waals surface area contributed by atoms with Gasteiger partial charge in [0.2, 0.25) is 0 Å². The number of aromatic nitrogens is 2. The van der Waals surface area contributed by atoms with Gasteiger partial charge < -0.3 is 9.67 Å². The maximum absolute atomic E-state index is 11.3. The number of allylic oxidation sites excluding steroid dienone is 1. The summed E-state index contributed by atoms with van der Waals surface area (Å²) < 4.78 is 1.99. The van der Waals surface area contributed by atoms with Crippen LogP contribution in [0.1, 0.15) is 53.5 Å². The topological polar surface area (TPSA) is 55.1 Å². The van der Waals surface area contributed by atoms with Crippen LogP contribution in [0.25, 0.3) is 16.6 Å². The van der Waals surface area contributed by atoms with E-state index in [9.17, 15) is 9.90 Å². The first-order valence-electron chi connectivity index (χ1n) is 9.07. The Bertz CT molecular complexity index is 1020. The number of halogens is 1. The third kappa shape index (κ3) is 4.06. The van der Waals surface area contributed by atoms with Gasteiger partial charge in [-0.1, -0.05) is 43.7 Å². The summed E-state index contributed by atoms with van der Waals surface area (Å²) in [6.07, 6.45) is 3.22. The van der Waals surface area contributed by atoms with Crippen LogP contribution < -0.4 is 0 Å². The molecule has 27 heavy (non-hydrogen) atoms. The van der Waals surface area contributed by atoms with E-state index < -0.39 is 5.97 Å². The first kappa shape index (κ1) is 19.2. The number of benzene rings is 2. The molecule has 0 bridgehead atoms. The minimum Gasteiger partial charge on any atom is -0.478 e. The lowest BCUT2D eigenvalue weighted by atomic mass is 10.0. The largest absolute Gasteiger partial charge is 0.478 e. The minimum absolute atomic E-state index is 0.248. The normalized spacial score (nSPS) is 11.1. The summed E-state index contributed by atoms with van der Waals surface area (Å²) in [5.41, 5.74) is 4.94. The van der Waals surface area contributed by atoms with Gasteiger partial charge in [0, 0.05) is 5.02 Å². The highest BCUT2D eigenvalue weighted by atomic mass is 35.5. The van der Waals surface area contributed by atoms with E-state index in [2.05, 4.69) is 24.6 Å². The predicted octanol–water partition coefficient (Wildman–Crippen LogP) is 5.95. The van der Waals surface area contributed by atoms with E-state index in [4.69, 9.17) is 11.6 Å². The number of hydrogen-bond acceptors (Lipinski definition) is 2. The number of carbonyl (C=O) groups is 1. The summed E-state index contributed by atoms with van der Waals surface area (Å²) in [5.74, 6) is -0.129. The molecule has 0 atom stereocenters. The average molecular weight is 383 g/mol. The van der Waals surface area contributed by atoms with Gasteiger partial charge >= 0.3 is 5.97 Å². The molecule has 0 aliphatic rings. The fraction of sp³-hybridized carbons (Fsp3) is 0.273. The monoisotopic (exact) mass is 382 g/mol. The maximum Gasteiger partial charge on any atom is 0.335 e. The molecule has 1 aromatic heterocycles. The van der Waals surface area contributed by atoms with Crippen LogP contribution in [0, 0.1) is 6.92 Å². The highest BCUT2D eigenvalue weighted by Gasteiger charge is 2.13. The lowest BCUT2D eigenvalue weighted by Gasteiger charge is -2.12. The van der Waals surface area contributed by atoms with Crippen LogP contribution in [0.15, 0.2) is 43.0 Å². The van der Waals surface area contributed by atoms with Crippen LogP contribution in [-0.2, 0) is 6.54 Å². The highest BCUT2D eigenvalue weighted by Crippen LogP contribution is 2.27. The lowest BCUT2D eigenvalue weighted by molar-refractivity contribution is 0.0697. The summed E-state index contributed by atoms with van der Waals surface area (Å²) in [6.45, 7) is 8.77. The van der Waals surface area contributed by atoms with Gasteiger partial charge in [-0.2, -0.15) is 0 Å². The van der Waals surface area contributed by atoms with Crippen LogP contribution in [0.3, 0.4) is 0 Å². The second-order valence-electron chi connectivity index (χ2n) is 6.77. The third-order valence-corrected chi connectivity index (χ3v) is 5.16. The molecule has 0 fully saturated rings. The summed E-state index contributed by atoms with van der Waals surface area (Å²) in [7, 11) is 0. The molecule has 0 radical (unpaired) electrons. The number of hydrogen-bond donors (Lipinski definition) is 1. The predicted molar refractivity (Wildman–Crippen MR) is 111 cm³/mol. The SMILES string of the molecule is C=C(CCCC)c1ccc(Cn2c(C)nc3ccc(C(=O)O)cc32)c(Cl)c1. The molecule has 4 nitrogen and oxygen atoms in total. The Balaban J connectivity index is 1.93. The molecule has 0 unspecified atom stereocenters. The lowest BCUT2D eigenvalue weighted by Crippen LogP contribution is -2.04. The van der Waals surface area contributed by atoms with Gasteiger partial charge in [0.1, 0.15) is 5.82 Å². The zero-order chi connectivity index (χ0) is 19.6. The number of unbranched alkanes of at least 4 members (excludes halogenated alkanes) is 1. The molecule has 0 amide bonds. The standard InChI is InChI=1S/C22H23ClN2O2/c1-4-5-6-14(2)16-7-8-18(19(23)11-16)13-25-15(3)24-20-10-9-17(22(26)27)12-21(20)25/h7-12H,2,4-6,13H2,1,3H3,(H,26,27). The van der Waals surface area contributed by atoms with E-state index in [0.29, 0.717) is 11.6 Å². The van der Waals surface area contributed by atoms with Crippen molar-refractivity contribution in [2.24, 2.45) is 0 Å². The smallest absolute Gasteiger partial charge is 0.335 e. The van der Waals surface area contributed by atoms with Crippen LogP contribution in [0.5, 0.6) is 0 Å². The number of aryl methyl sites for hydroxylation is 1. The van der Waals surface area contributed by atoms with E-state index >= 15 is 0 Å². The van der Waals surface area contributed by atoms with E-state index in [1.807, 2.05) is 23.6 Å². The van der Waals surface area contributed by atoms with E-state index in [-0.39, 0.29) is 5.56 Å². The molecule has 1 N–H and O–H groups in total. The molecule has 0 saturated carbocycles. The molecule has 5 heteroatoms. The molecule has 0 spiro atoms. The zero-order valence-electron chi connectivity index (χ0n) is 15.6. The minimum atomic E-state index is -0.949. The Labute approximate surface area is 164 Å². The van der Waals surface area contributed by atoms with Crippen molar-refractivity contribution in [3.05, 3.63) is 70.5 Å². The molecule has 0 aliphatic heterocycles. The molecule has 3 aromatic rings. The number of carboxylic acid groups (broad SMARTS) is 1. The second kappa shape index (κ2) is 7.97. The summed E-state index contributed by atoms with van der Waals surface area (Å²) in [6, 6.07) is 11.0. The summed E-state index contributed by atoms with van der Waals surface area (Å²) >= 11 is 6.54. The number of rotatable bonds is 7. The van der Waals surface area contributed by atoms with Crippen molar-refractivity contribution in [3.8, 4) is 0 Å². The Morgan fingerprint density at radius 3 is 2.63 bits per heavy atom. The van der Waals surface area contributed by atoms with Crippen molar-refractivity contribution in [1.29, 1.82) is 0 Å². The van der Waals surface area contributed by atoms with Crippen molar-refractivity contribution in [2.45, 2.75) is 39.7 Å². The van der Waals surface area contributed by atoms with Crippen LogP contribution in [-0.4, -0.2) is 20.6 Å². The Hall–Kier alpha value is -2.59.